The molecule has 5 heteroatoms. The highest BCUT2D eigenvalue weighted by Gasteiger charge is 2.13. The van der Waals surface area contributed by atoms with E-state index in [0.29, 0.717) is 12.0 Å². The number of hydrogen-bond donors (Lipinski definition) is 2. The third-order valence-corrected chi connectivity index (χ3v) is 2.19. The maximum absolute atomic E-state index is 12.9. The minimum atomic E-state index is -0.485. The Bertz CT molecular complexity index is 320. The Hall–Kier alpha value is -0.510. The summed E-state index contributed by atoms with van der Waals surface area (Å²) in [5, 5.41) is 9.44. The van der Waals surface area contributed by atoms with E-state index in [0.717, 1.165) is 6.07 Å². The molecule has 14 heavy (non-hydrogen) atoms. The third-order valence-electron chi connectivity index (χ3n) is 1.90. The molecule has 3 N–H and O–H groups in total. The predicted molar refractivity (Wildman–Crippen MR) is 57.5 cm³/mol. The van der Waals surface area contributed by atoms with Crippen LogP contribution in [0.2, 0.25) is 5.02 Å². The lowest BCUT2D eigenvalue weighted by molar-refractivity contribution is 0.457. The molecule has 0 unspecified atom stereocenters. The van der Waals surface area contributed by atoms with Gasteiger partial charge >= 0.3 is 0 Å². The Morgan fingerprint density at radius 3 is 2.64 bits per heavy atom. The molecule has 0 fully saturated rings. The number of hydrogen-bond acceptors (Lipinski definition) is 2. The SMILES string of the molecule is CC[C@H](N)c1cc(F)cc(Cl)c1O.Cl. The van der Waals surface area contributed by atoms with E-state index in [4.69, 9.17) is 17.3 Å². The summed E-state index contributed by atoms with van der Waals surface area (Å²) in [4.78, 5) is 0. The van der Waals surface area contributed by atoms with Crippen molar-refractivity contribution in [2.24, 2.45) is 5.73 Å². The van der Waals surface area contributed by atoms with Crippen LogP contribution in [0, 0.1) is 5.82 Å². The summed E-state index contributed by atoms with van der Waals surface area (Å²) in [6.07, 6.45) is 0.618. The van der Waals surface area contributed by atoms with E-state index in [2.05, 4.69) is 0 Å². The molecule has 0 saturated heterocycles. The highest BCUT2D eigenvalue weighted by molar-refractivity contribution is 6.32. The predicted octanol–water partition coefficient (Wildman–Crippen LogP) is 3.02. The first-order chi connectivity index (χ1) is 6.06. The van der Waals surface area contributed by atoms with Crippen LogP contribution in [0.4, 0.5) is 4.39 Å². The Morgan fingerprint density at radius 1 is 1.57 bits per heavy atom. The molecule has 0 amide bonds. The maximum Gasteiger partial charge on any atom is 0.139 e. The molecule has 80 valence electrons. The zero-order valence-corrected chi connectivity index (χ0v) is 9.20. The molecule has 2 nitrogen and oxygen atoms in total. The average Bonchev–Trinajstić information content (AvgIpc) is 2.10. The quantitative estimate of drug-likeness (QED) is 0.834. The number of phenols is 1. The first kappa shape index (κ1) is 13.5. The monoisotopic (exact) mass is 239 g/mol. The fraction of sp³-hybridized carbons (Fsp3) is 0.333. The molecule has 0 aromatic heterocycles. The first-order valence-corrected chi connectivity index (χ1v) is 4.37. The normalized spacial score (nSPS) is 12.0. The van der Waals surface area contributed by atoms with Gasteiger partial charge in [-0.3, -0.25) is 0 Å². The summed E-state index contributed by atoms with van der Waals surface area (Å²) in [6.45, 7) is 1.85. The van der Waals surface area contributed by atoms with Crippen LogP contribution in [0.5, 0.6) is 5.75 Å². The molecule has 0 spiro atoms. The van der Waals surface area contributed by atoms with Crippen molar-refractivity contribution in [1.82, 2.24) is 0 Å². The van der Waals surface area contributed by atoms with Crippen molar-refractivity contribution in [2.75, 3.05) is 0 Å². The largest absolute Gasteiger partial charge is 0.506 e. The minimum Gasteiger partial charge on any atom is -0.506 e. The van der Waals surface area contributed by atoms with E-state index in [1.807, 2.05) is 6.92 Å². The van der Waals surface area contributed by atoms with E-state index in [-0.39, 0.29) is 29.2 Å². The van der Waals surface area contributed by atoms with Crippen molar-refractivity contribution in [2.45, 2.75) is 19.4 Å². The van der Waals surface area contributed by atoms with E-state index in [1.54, 1.807) is 0 Å². The smallest absolute Gasteiger partial charge is 0.139 e. The van der Waals surface area contributed by atoms with Gasteiger partial charge in [-0.1, -0.05) is 18.5 Å². The lowest BCUT2D eigenvalue weighted by Crippen LogP contribution is -2.09. The third kappa shape index (κ3) is 2.74. The van der Waals surface area contributed by atoms with Gasteiger partial charge < -0.3 is 10.8 Å². The number of halogens is 3. The lowest BCUT2D eigenvalue weighted by Gasteiger charge is -2.12. The second-order valence-corrected chi connectivity index (χ2v) is 3.25. The highest BCUT2D eigenvalue weighted by atomic mass is 35.5. The van der Waals surface area contributed by atoms with Crippen molar-refractivity contribution < 1.29 is 9.50 Å². The number of rotatable bonds is 2. The van der Waals surface area contributed by atoms with Gasteiger partial charge in [0, 0.05) is 11.6 Å². The van der Waals surface area contributed by atoms with Crippen LogP contribution in [0.1, 0.15) is 24.9 Å². The van der Waals surface area contributed by atoms with Crippen LogP contribution in [0.25, 0.3) is 0 Å². The Balaban J connectivity index is 0.00000169. The molecule has 1 rings (SSSR count). The standard InChI is InChI=1S/C9H11ClFNO.ClH/c1-2-8(12)6-3-5(11)4-7(10)9(6)13;/h3-4,8,13H,2,12H2,1H3;1H/t8-;/m0./s1. The van der Waals surface area contributed by atoms with Gasteiger partial charge in [0.2, 0.25) is 0 Å². The van der Waals surface area contributed by atoms with Gasteiger partial charge in [0.1, 0.15) is 11.6 Å². The molecule has 0 aliphatic heterocycles. The van der Waals surface area contributed by atoms with Crippen LogP contribution in [-0.2, 0) is 0 Å². The van der Waals surface area contributed by atoms with E-state index >= 15 is 0 Å². The molecule has 1 aromatic rings. The molecular formula is C9H12Cl2FNO. The van der Waals surface area contributed by atoms with Crippen LogP contribution in [0.15, 0.2) is 12.1 Å². The number of benzene rings is 1. The Labute approximate surface area is 93.3 Å². The van der Waals surface area contributed by atoms with Crippen LogP contribution < -0.4 is 5.73 Å². The van der Waals surface area contributed by atoms with Gasteiger partial charge in [-0.15, -0.1) is 12.4 Å². The van der Waals surface area contributed by atoms with Crippen LogP contribution in [-0.4, -0.2) is 5.11 Å². The van der Waals surface area contributed by atoms with Gasteiger partial charge in [-0.2, -0.15) is 0 Å². The molecule has 0 bridgehead atoms. The highest BCUT2D eigenvalue weighted by Crippen LogP contribution is 2.32. The van der Waals surface area contributed by atoms with Crippen LogP contribution >= 0.6 is 24.0 Å². The molecular weight excluding hydrogens is 228 g/mol. The van der Waals surface area contributed by atoms with Crippen molar-refractivity contribution in [1.29, 1.82) is 0 Å². The Morgan fingerprint density at radius 2 is 2.14 bits per heavy atom. The maximum atomic E-state index is 12.9. The second kappa shape index (κ2) is 5.39. The summed E-state index contributed by atoms with van der Waals surface area (Å²) in [6, 6.07) is 1.88. The van der Waals surface area contributed by atoms with Gasteiger partial charge in [0.05, 0.1) is 5.02 Å². The van der Waals surface area contributed by atoms with Gasteiger partial charge in [0.25, 0.3) is 0 Å². The van der Waals surface area contributed by atoms with Crippen LogP contribution in [0.3, 0.4) is 0 Å². The molecule has 1 aromatic carbocycles. The van der Waals surface area contributed by atoms with E-state index in [9.17, 15) is 9.50 Å². The summed E-state index contributed by atoms with van der Waals surface area (Å²) in [5.74, 6) is -0.612. The van der Waals surface area contributed by atoms with E-state index in [1.165, 1.54) is 6.07 Å². The van der Waals surface area contributed by atoms with Crippen molar-refractivity contribution in [3.63, 3.8) is 0 Å². The summed E-state index contributed by atoms with van der Waals surface area (Å²) < 4.78 is 12.9. The zero-order valence-electron chi connectivity index (χ0n) is 7.63. The lowest BCUT2D eigenvalue weighted by atomic mass is 10.0. The number of phenolic OH excluding ortho intramolecular Hbond substituents is 1. The van der Waals surface area contributed by atoms with Crippen molar-refractivity contribution >= 4 is 24.0 Å². The number of nitrogens with two attached hydrogens (primary N) is 1. The van der Waals surface area contributed by atoms with Gasteiger partial charge in [0.15, 0.2) is 0 Å². The molecule has 0 heterocycles. The molecule has 0 radical (unpaired) electrons. The fourth-order valence-corrected chi connectivity index (χ4v) is 1.30. The molecule has 0 aliphatic rings. The summed E-state index contributed by atoms with van der Waals surface area (Å²) in [5.41, 5.74) is 6.00. The molecule has 1 atom stereocenters. The Kier molecular flexibility index (Phi) is 5.19. The summed E-state index contributed by atoms with van der Waals surface area (Å²) in [7, 11) is 0. The first-order valence-electron chi connectivity index (χ1n) is 3.99. The fourth-order valence-electron chi connectivity index (χ4n) is 1.09. The van der Waals surface area contributed by atoms with Crippen molar-refractivity contribution in [3.8, 4) is 5.75 Å². The van der Waals surface area contributed by atoms with Gasteiger partial charge in [-0.25, -0.2) is 4.39 Å². The molecule has 0 aliphatic carbocycles. The summed E-state index contributed by atoms with van der Waals surface area (Å²) >= 11 is 5.57. The van der Waals surface area contributed by atoms with Gasteiger partial charge in [-0.05, 0) is 18.6 Å². The van der Waals surface area contributed by atoms with Crippen molar-refractivity contribution in [3.05, 3.63) is 28.5 Å². The minimum absolute atomic E-state index is 0. The van der Waals surface area contributed by atoms with E-state index < -0.39 is 5.82 Å². The number of aromatic hydroxyl groups is 1. The second-order valence-electron chi connectivity index (χ2n) is 2.84. The average molecular weight is 240 g/mol. The molecule has 0 saturated carbocycles. The zero-order chi connectivity index (χ0) is 10.0. The topological polar surface area (TPSA) is 46.2 Å².